The highest BCUT2D eigenvalue weighted by atomic mass is 32.2. The van der Waals surface area contributed by atoms with Crippen molar-refractivity contribution in [3.05, 3.63) is 45.4 Å². The van der Waals surface area contributed by atoms with Crippen molar-refractivity contribution in [2.75, 3.05) is 23.7 Å². The fourth-order valence-corrected chi connectivity index (χ4v) is 6.22. The molecule has 1 aliphatic heterocycles. The lowest BCUT2D eigenvalue weighted by Gasteiger charge is -2.27. The fourth-order valence-electron chi connectivity index (χ4n) is 4.64. The lowest BCUT2D eigenvalue weighted by atomic mass is 10.1. The maximum atomic E-state index is 13.1. The van der Waals surface area contributed by atoms with Crippen LogP contribution in [0.4, 0.5) is 5.95 Å². The van der Waals surface area contributed by atoms with E-state index in [2.05, 4.69) is 61.7 Å². The normalized spacial score (nSPS) is 16.6. The highest BCUT2D eigenvalue weighted by Crippen LogP contribution is 2.41. The number of Topliss-reactive ketones (excluding diaryl/α,β-unsaturated/α-hetero) is 1. The third-order valence-corrected chi connectivity index (χ3v) is 8.45. The molecule has 3 aromatic heterocycles. The van der Waals surface area contributed by atoms with Gasteiger partial charge in [0.1, 0.15) is 0 Å². The molecule has 8 heteroatoms. The number of aromatic nitrogens is 4. The van der Waals surface area contributed by atoms with Gasteiger partial charge in [-0.1, -0.05) is 17.8 Å². The lowest BCUT2D eigenvalue weighted by molar-refractivity contribution is 0.102. The van der Waals surface area contributed by atoms with Crippen molar-refractivity contribution in [1.29, 1.82) is 0 Å². The van der Waals surface area contributed by atoms with Gasteiger partial charge in [-0.15, -0.1) is 21.5 Å². The molecule has 0 N–H and O–H groups in total. The molecule has 0 radical (unpaired) electrons. The van der Waals surface area contributed by atoms with Gasteiger partial charge < -0.3 is 9.47 Å². The largest absolute Gasteiger partial charge is 0.348 e. The van der Waals surface area contributed by atoms with Crippen LogP contribution in [0.1, 0.15) is 64.8 Å². The van der Waals surface area contributed by atoms with Crippen LogP contribution in [0.3, 0.4) is 0 Å². The number of hydrogen-bond acceptors (Lipinski definition) is 6. The predicted octanol–water partition coefficient (Wildman–Crippen LogP) is 5.30. The van der Waals surface area contributed by atoms with Crippen LogP contribution in [0.5, 0.6) is 0 Å². The van der Waals surface area contributed by atoms with Crippen LogP contribution in [-0.2, 0) is 13.0 Å². The number of anilines is 1. The second-order valence-electron chi connectivity index (χ2n) is 8.91. The van der Waals surface area contributed by atoms with Crippen LogP contribution in [-0.4, -0.2) is 44.0 Å². The van der Waals surface area contributed by atoms with Gasteiger partial charge in [-0.25, -0.2) is 0 Å². The van der Waals surface area contributed by atoms with Crippen molar-refractivity contribution >= 4 is 34.8 Å². The van der Waals surface area contributed by atoms with Crippen molar-refractivity contribution in [3.8, 4) is 0 Å². The quantitative estimate of drug-likeness (QED) is 0.314. The molecule has 1 saturated heterocycles. The zero-order valence-electron chi connectivity index (χ0n) is 18.9. The maximum Gasteiger partial charge on any atom is 0.228 e. The highest BCUT2D eigenvalue weighted by molar-refractivity contribution is 7.99. The summed E-state index contributed by atoms with van der Waals surface area (Å²) in [4.78, 5) is 16.9. The Morgan fingerprint density at radius 2 is 2.00 bits per heavy atom. The molecular formula is C24H31N5OS2. The molecule has 1 saturated carbocycles. The van der Waals surface area contributed by atoms with Gasteiger partial charge in [0, 0.05) is 47.5 Å². The molecule has 5 rings (SSSR count). The molecule has 0 spiro atoms. The average molecular weight is 470 g/mol. The molecule has 32 heavy (non-hydrogen) atoms. The topological polar surface area (TPSA) is 56.0 Å². The van der Waals surface area contributed by atoms with Crippen LogP contribution >= 0.6 is 23.1 Å². The van der Waals surface area contributed by atoms with Gasteiger partial charge in [0.25, 0.3) is 0 Å². The minimum absolute atomic E-state index is 0.176. The van der Waals surface area contributed by atoms with Crippen LogP contribution in [0, 0.1) is 13.8 Å². The van der Waals surface area contributed by atoms with Crippen molar-refractivity contribution in [3.63, 3.8) is 0 Å². The second-order valence-corrected chi connectivity index (χ2v) is 10.9. The van der Waals surface area contributed by atoms with Crippen LogP contribution in [0.2, 0.25) is 0 Å². The monoisotopic (exact) mass is 469 g/mol. The summed E-state index contributed by atoms with van der Waals surface area (Å²) in [7, 11) is 0. The Morgan fingerprint density at radius 3 is 2.72 bits per heavy atom. The highest BCUT2D eigenvalue weighted by Gasteiger charge is 2.32. The molecule has 0 atom stereocenters. The number of hydrogen-bond donors (Lipinski definition) is 0. The van der Waals surface area contributed by atoms with E-state index in [-0.39, 0.29) is 5.78 Å². The van der Waals surface area contributed by atoms with Crippen LogP contribution in [0.15, 0.2) is 28.7 Å². The van der Waals surface area contributed by atoms with E-state index in [1.54, 1.807) is 23.1 Å². The summed E-state index contributed by atoms with van der Waals surface area (Å²) in [5, 5.41) is 12.1. The standard InChI is InChI=1S/C24H31N5OS2/c1-17-15-21(18(2)28(17)13-10-20-7-6-14-31-20)22(30)16-32-24-26-25-23(29(24)19-8-9-19)27-11-4-3-5-12-27/h6-7,14-15,19H,3-5,8-13,16H2,1-2H3. The molecule has 0 bridgehead atoms. The number of ketones is 1. The minimum atomic E-state index is 0.176. The summed E-state index contributed by atoms with van der Waals surface area (Å²) < 4.78 is 4.58. The first kappa shape index (κ1) is 21.8. The second kappa shape index (κ2) is 9.43. The molecular weight excluding hydrogens is 438 g/mol. The summed E-state index contributed by atoms with van der Waals surface area (Å²) in [6.07, 6.45) is 7.12. The molecule has 2 aliphatic rings. The summed E-state index contributed by atoms with van der Waals surface area (Å²) in [5.41, 5.74) is 3.07. The van der Waals surface area contributed by atoms with Crippen LogP contribution in [0.25, 0.3) is 0 Å². The summed E-state index contributed by atoms with van der Waals surface area (Å²) >= 11 is 3.34. The number of aryl methyl sites for hydroxylation is 2. The third-order valence-electron chi connectivity index (χ3n) is 6.57. The van der Waals surface area contributed by atoms with E-state index in [1.165, 1.54) is 37.0 Å². The third kappa shape index (κ3) is 4.53. The predicted molar refractivity (Wildman–Crippen MR) is 131 cm³/mol. The SMILES string of the molecule is Cc1cc(C(=O)CSc2nnc(N3CCCCC3)n2C2CC2)c(C)n1CCc1cccs1. The van der Waals surface area contributed by atoms with Gasteiger partial charge in [-0.05, 0) is 69.9 Å². The Hall–Kier alpha value is -2.06. The van der Waals surface area contributed by atoms with Crippen molar-refractivity contribution in [1.82, 2.24) is 19.3 Å². The van der Waals surface area contributed by atoms with E-state index >= 15 is 0 Å². The number of piperidine rings is 1. The van der Waals surface area contributed by atoms with Crippen LogP contribution < -0.4 is 4.90 Å². The Labute approximate surface area is 198 Å². The van der Waals surface area contributed by atoms with E-state index in [4.69, 9.17) is 0 Å². The molecule has 4 heterocycles. The Balaban J connectivity index is 1.27. The van der Waals surface area contributed by atoms with Gasteiger partial charge in [-0.3, -0.25) is 9.36 Å². The van der Waals surface area contributed by atoms with Crippen molar-refractivity contribution in [2.45, 2.75) is 70.1 Å². The summed E-state index contributed by atoms with van der Waals surface area (Å²) in [6.45, 7) is 7.20. The number of thioether (sulfide) groups is 1. The number of nitrogens with zero attached hydrogens (tertiary/aromatic N) is 5. The van der Waals surface area contributed by atoms with Gasteiger partial charge >= 0.3 is 0 Å². The van der Waals surface area contributed by atoms with Gasteiger partial charge in [0.2, 0.25) is 5.95 Å². The van der Waals surface area contributed by atoms with E-state index < -0.39 is 0 Å². The van der Waals surface area contributed by atoms with Gasteiger partial charge in [0.05, 0.1) is 5.75 Å². The zero-order valence-corrected chi connectivity index (χ0v) is 20.6. The summed E-state index contributed by atoms with van der Waals surface area (Å²) in [6, 6.07) is 6.83. The number of carbonyl (C=O) groups excluding carboxylic acids is 1. The number of thiophene rings is 1. The lowest BCUT2D eigenvalue weighted by Crippen LogP contribution is -2.31. The minimum Gasteiger partial charge on any atom is -0.348 e. The fraction of sp³-hybridized carbons (Fsp3) is 0.542. The number of rotatable bonds is 9. The summed E-state index contributed by atoms with van der Waals surface area (Å²) in [5.74, 6) is 1.59. The van der Waals surface area contributed by atoms with E-state index in [9.17, 15) is 4.79 Å². The van der Waals surface area contributed by atoms with E-state index in [0.717, 1.165) is 54.1 Å². The first-order valence-electron chi connectivity index (χ1n) is 11.7. The van der Waals surface area contributed by atoms with Crippen molar-refractivity contribution < 1.29 is 4.79 Å². The van der Waals surface area contributed by atoms with E-state index in [1.807, 2.05) is 0 Å². The molecule has 0 aromatic carbocycles. The molecule has 6 nitrogen and oxygen atoms in total. The van der Waals surface area contributed by atoms with Crippen molar-refractivity contribution in [2.24, 2.45) is 0 Å². The molecule has 170 valence electrons. The smallest absolute Gasteiger partial charge is 0.228 e. The average Bonchev–Trinajstić information content (AvgIpc) is 3.21. The number of carbonyl (C=O) groups is 1. The first-order chi connectivity index (χ1) is 15.6. The molecule has 3 aromatic rings. The first-order valence-corrected chi connectivity index (χ1v) is 13.5. The van der Waals surface area contributed by atoms with E-state index in [0.29, 0.717) is 11.8 Å². The Bertz CT molecular complexity index is 1070. The molecule has 1 aliphatic carbocycles. The maximum absolute atomic E-state index is 13.1. The molecule has 0 unspecified atom stereocenters. The molecule has 0 amide bonds. The van der Waals surface area contributed by atoms with Gasteiger partial charge in [0.15, 0.2) is 10.9 Å². The van der Waals surface area contributed by atoms with Gasteiger partial charge in [-0.2, -0.15) is 0 Å². The Kier molecular flexibility index (Phi) is 6.42. The molecule has 2 fully saturated rings. The Morgan fingerprint density at radius 1 is 1.19 bits per heavy atom. The zero-order chi connectivity index (χ0) is 22.1.